The van der Waals surface area contributed by atoms with Crippen molar-refractivity contribution in [2.75, 3.05) is 41.5 Å². The molecule has 8 heteroatoms. The molecule has 2 aromatic rings. The van der Waals surface area contributed by atoms with Gasteiger partial charge in [0, 0.05) is 4.47 Å². The Balaban J connectivity index is 2.17. The minimum absolute atomic E-state index is 0.241. The van der Waals surface area contributed by atoms with Crippen LogP contribution in [0.2, 0.25) is 0 Å². The van der Waals surface area contributed by atoms with E-state index in [-0.39, 0.29) is 12.0 Å². The standard InChI is InChI=1S/C23H28BrNO6/c1-28-17-6-5-7-18(29-2)21(17)22(25-10-8-14(9-11-25)23(26)27)15-12-19(30-3)20(31-4)13-16(15)24/h5-7,12-14,22H,8-11H2,1-4H3,(H,26,27). The van der Waals surface area contributed by atoms with Crippen molar-refractivity contribution >= 4 is 21.9 Å². The Bertz CT molecular complexity index is 904. The van der Waals surface area contributed by atoms with Gasteiger partial charge < -0.3 is 24.1 Å². The van der Waals surface area contributed by atoms with E-state index in [2.05, 4.69) is 20.8 Å². The Morgan fingerprint density at radius 3 is 1.97 bits per heavy atom. The van der Waals surface area contributed by atoms with E-state index < -0.39 is 5.97 Å². The molecule has 1 N–H and O–H groups in total. The normalized spacial score (nSPS) is 15.9. The lowest BCUT2D eigenvalue weighted by molar-refractivity contribution is -0.143. The van der Waals surface area contributed by atoms with Crippen molar-refractivity contribution in [3.8, 4) is 23.0 Å². The summed E-state index contributed by atoms with van der Waals surface area (Å²) in [6, 6.07) is 9.29. The van der Waals surface area contributed by atoms with Crippen LogP contribution in [0.15, 0.2) is 34.8 Å². The number of halogens is 1. The summed E-state index contributed by atoms with van der Waals surface area (Å²) in [6.07, 6.45) is 1.16. The molecule has 1 heterocycles. The molecule has 7 nitrogen and oxygen atoms in total. The monoisotopic (exact) mass is 493 g/mol. The van der Waals surface area contributed by atoms with Crippen LogP contribution in [0.3, 0.4) is 0 Å². The van der Waals surface area contributed by atoms with Crippen LogP contribution >= 0.6 is 15.9 Å². The lowest BCUT2D eigenvalue weighted by atomic mass is 9.90. The fourth-order valence-corrected chi connectivity index (χ4v) is 4.71. The first-order chi connectivity index (χ1) is 14.9. The number of nitrogens with zero attached hydrogens (tertiary/aromatic N) is 1. The van der Waals surface area contributed by atoms with E-state index in [9.17, 15) is 9.90 Å². The number of aliphatic carboxylic acids is 1. The van der Waals surface area contributed by atoms with Crippen LogP contribution < -0.4 is 18.9 Å². The molecule has 0 aliphatic carbocycles. The van der Waals surface area contributed by atoms with Crippen molar-refractivity contribution in [3.05, 3.63) is 45.9 Å². The second kappa shape index (κ2) is 10.2. The fourth-order valence-electron chi connectivity index (χ4n) is 4.17. The number of methoxy groups -OCH3 is 4. The van der Waals surface area contributed by atoms with Crippen LogP contribution in [0.25, 0.3) is 0 Å². The lowest BCUT2D eigenvalue weighted by Gasteiger charge is -2.38. The highest BCUT2D eigenvalue weighted by molar-refractivity contribution is 9.10. The van der Waals surface area contributed by atoms with Crippen molar-refractivity contribution in [2.24, 2.45) is 5.92 Å². The molecule has 1 saturated heterocycles. The van der Waals surface area contributed by atoms with Gasteiger partial charge >= 0.3 is 5.97 Å². The summed E-state index contributed by atoms with van der Waals surface area (Å²) in [5.74, 6) is 1.56. The van der Waals surface area contributed by atoms with Crippen LogP contribution in [-0.2, 0) is 4.79 Å². The van der Waals surface area contributed by atoms with Crippen molar-refractivity contribution < 1.29 is 28.8 Å². The van der Waals surface area contributed by atoms with E-state index >= 15 is 0 Å². The van der Waals surface area contributed by atoms with Crippen molar-refractivity contribution in [1.29, 1.82) is 0 Å². The molecule has 2 aromatic carbocycles. The molecule has 1 aliphatic heterocycles. The van der Waals surface area contributed by atoms with E-state index in [1.54, 1.807) is 28.4 Å². The Kier molecular flexibility index (Phi) is 7.67. The molecular weight excluding hydrogens is 466 g/mol. The maximum atomic E-state index is 11.5. The van der Waals surface area contributed by atoms with E-state index in [1.165, 1.54) is 0 Å². The van der Waals surface area contributed by atoms with Gasteiger partial charge in [-0.3, -0.25) is 9.69 Å². The van der Waals surface area contributed by atoms with Gasteiger partial charge in [-0.15, -0.1) is 0 Å². The maximum absolute atomic E-state index is 11.5. The van der Waals surface area contributed by atoms with E-state index in [0.717, 1.165) is 15.6 Å². The number of carboxylic acids is 1. The summed E-state index contributed by atoms with van der Waals surface area (Å²) in [5, 5.41) is 9.44. The fraction of sp³-hybridized carbons (Fsp3) is 0.435. The highest BCUT2D eigenvalue weighted by atomic mass is 79.9. The van der Waals surface area contributed by atoms with Crippen LogP contribution in [0.1, 0.15) is 30.0 Å². The molecule has 1 aliphatic rings. The van der Waals surface area contributed by atoms with Gasteiger partial charge in [0.2, 0.25) is 0 Å². The molecular formula is C23H28BrNO6. The van der Waals surface area contributed by atoms with Gasteiger partial charge in [-0.2, -0.15) is 0 Å². The number of benzene rings is 2. The van der Waals surface area contributed by atoms with Gasteiger partial charge in [0.05, 0.1) is 46.0 Å². The lowest BCUT2D eigenvalue weighted by Crippen LogP contribution is -2.39. The molecule has 0 spiro atoms. The van der Waals surface area contributed by atoms with Crippen molar-refractivity contribution in [3.63, 3.8) is 0 Å². The summed E-state index contributed by atoms with van der Waals surface area (Å²) in [7, 11) is 6.47. The quantitative estimate of drug-likeness (QED) is 0.584. The minimum Gasteiger partial charge on any atom is -0.496 e. The Morgan fingerprint density at radius 1 is 0.968 bits per heavy atom. The summed E-state index contributed by atoms with van der Waals surface area (Å²) in [4.78, 5) is 13.8. The third-order valence-electron chi connectivity index (χ3n) is 5.78. The van der Waals surface area contributed by atoms with Crippen LogP contribution in [0.5, 0.6) is 23.0 Å². The van der Waals surface area contributed by atoms with Crippen molar-refractivity contribution in [2.45, 2.75) is 18.9 Å². The summed E-state index contributed by atoms with van der Waals surface area (Å²) < 4.78 is 23.3. The number of likely N-dealkylation sites (tertiary alicyclic amines) is 1. The molecule has 0 aromatic heterocycles. The number of piperidine rings is 1. The number of carbonyl (C=O) groups is 1. The van der Waals surface area contributed by atoms with Gasteiger partial charge in [-0.1, -0.05) is 22.0 Å². The van der Waals surface area contributed by atoms with Crippen LogP contribution in [0.4, 0.5) is 0 Å². The van der Waals surface area contributed by atoms with Gasteiger partial charge in [0.1, 0.15) is 11.5 Å². The third-order valence-corrected chi connectivity index (χ3v) is 6.47. The second-order valence-electron chi connectivity index (χ2n) is 7.36. The zero-order valence-electron chi connectivity index (χ0n) is 18.2. The highest BCUT2D eigenvalue weighted by Crippen LogP contribution is 2.46. The molecule has 0 amide bonds. The minimum atomic E-state index is -0.738. The first-order valence-corrected chi connectivity index (χ1v) is 10.8. The number of carboxylic acid groups (broad SMARTS) is 1. The van der Waals surface area contributed by atoms with Gasteiger partial charge in [0.15, 0.2) is 11.5 Å². The average molecular weight is 494 g/mol. The molecule has 0 radical (unpaired) electrons. The van der Waals surface area contributed by atoms with E-state index in [0.29, 0.717) is 48.9 Å². The van der Waals surface area contributed by atoms with Gasteiger partial charge in [-0.05, 0) is 55.8 Å². The first kappa shape index (κ1) is 23.2. The first-order valence-electron chi connectivity index (χ1n) is 10.0. The Morgan fingerprint density at radius 2 is 1.48 bits per heavy atom. The van der Waals surface area contributed by atoms with E-state index in [4.69, 9.17) is 18.9 Å². The van der Waals surface area contributed by atoms with Gasteiger partial charge in [0.25, 0.3) is 0 Å². The number of ether oxygens (including phenoxy) is 4. The Hall–Kier alpha value is -2.45. The van der Waals surface area contributed by atoms with Crippen LogP contribution in [-0.4, -0.2) is 57.5 Å². The predicted octanol–water partition coefficient (Wildman–Crippen LogP) is 4.37. The number of rotatable bonds is 8. The van der Waals surface area contributed by atoms with Crippen LogP contribution in [0, 0.1) is 5.92 Å². The molecule has 168 valence electrons. The SMILES string of the molecule is COc1cc(Br)c(C(c2c(OC)cccc2OC)N2CCC(C(=O)O)CC2)cc1OC. The zero-order valence-corrected chi connectivity index (χ0v) is 19.8. The maximum Gasteiger partial charge on any atom is 0.306 e. The molecule has 1 atom stereocenters. The molecule has 1 fully saturated rings. The van der Waals surface area contributed by atoms with Crippen molar-refractivity contribution in [1.82, 2.24) is 4.90 Å². The summed E-state index contributed by atoms with van der Waals surface area (Å²) in [6.45, 7) is 1.26. The van der Waals surface area contributed by atoms with Gasteiger partial charge in [-0.25, -0.2) is 0 Å². The summed E-state index contributed by atoms with van der Waals surface area (Å²) >= 11 is 3.71. The molecule has 31 heavy (non-hydrogen) atoms. The smallest absolute Gasteiger partial charge is 0.306 e. The Labute approximate surface area is 191 Å². The molecule has 0 saturated carbocycles. The topological polar surface area (TPSA) is 77.5 Å². The predicted molar refractivity (Wildman–Crippen MR) is 121 cm³/mol. The highest BCUT2D eigenvalue weighted by Gasteiger charge is 2.35. The second-order valence-corrected chi connectivity index (χ2v) is 8.21. The largest absolute Gasteiger partial charge is 0.496 e. The summed E-state index contributed by atoms with van der Waals surface area (Å²) in [5.41, 5.74) is 1.84. The molecule has 1 unspecified atom stereocenters. The number of hydrogen-bond donors (Lipinski definition) is 1. The average Bonchev–Trinajstić information content (AvgIpc) is 2.80. The molecule has 0 bridgehead atoms. The van der Waals surface area contributed by atoms with E-state index in [1.807, 2.05) is 30.3 Å². The third kappa shape index (κ3) is 4.75. The molecule has 3 rings (SSSR count). The zero-order chi connectivity index (χ0) is 22.5. The number of hydrogen-bond acceptors (Lipinski definition) is 6.